The van der Waals surface area contributed by atoms with Crippen LogP contribution in [0.25, 0.3) is 22.2 Å². The lowest BCUT2D eigenvalue weighted by molar-refractivity contribution is 0.398. The van der Waals surface area contributed by atoms with E-state index in [1.54, 1.807) is 25.7 Å². The van der Waals surface area contributed by atoms with E-state index in [1.807, 2.05) is 24.4 Å². The molecule has 0 aliphatic rings. The molecule has 5 rings (SSSR count). The standard InChI is InChI=1S/C26H23N5O/c1-18(19-6-4-3-5-7-19)31-24-14-20(21-9-11-26(32-2)29-16-21)8-10-23(24)30-25(31)15-22-17-27-12-13-28-22/h3-14,16-18H,15H2,1-2H3/t18-/m1/s1. The van der Waals surface area contributed by atoms with E-state index in [4.69, 9.17) is 9.72 Å². The lowest BCUT2D eigenvalue weighted by Crippen LogP contribution is -2.11. The minimum absolute atomic E-state index is 0.108. The zero-order chi connectivity index (χ0) is 21.9. The minimum atomic E-state index is 0.108. The summed E-state index contributed by atoms with van der Waals surface area (Å²) in [4.78, 5) is 18.0. The summed E-state index contributed by atoms with van der Waals surface area (Å²) in [6.07, 6.45) is 7.65. The van der Waals surface area contributed by atoms with E-state index in [0.717, 1.165) is 33.7 Å². The molecule has 6 nitrogen and oxygen atoms in total. The molecular formula is C26H23N5O. The Kier molecular flexibility index (Phi) is 5.34. The predicted molar refractivity (Wildman–Crippen MR) is 125 cm³/mol. The lowest BCUT2D eigenvalue weighted by Gasteiger charge is -2.18. The fourth-order valence-electron chi connectivity index (χ4n) is 4.01. The van der Waals surface area contributed by atoms with Crippen molar-refractivity contribution in [1.82, 2.24) is 24.5 Å². The number of benzene rings is 2. The zero-order valence-electron chi connectivity index (χ0n) is 18.0. The number of methoxy groups -OCH3 is 1. The van der Waals surface area contributed by atoms with Crippen LogP contribution in [0.15, 0.2) is 85.5 Å². The Labute approximate surface area is 186 Å². The van der Waals surface area contributed by atoms with Gasteiger partial charge in [0.1, 0.15) is 5.82 Å². The van der Waals surface area contributed by atoms with Crippen LogP contribution in [0.2, 0.25) is 0 Å². The summed E-state index contributed by atoms with van der Waals surface area (Å²) in [5, 5.41) is 0. The van der Waals surface area contributed by atoms with E-state index in [-0.39, 0.29) is 6.04 Å². The first-order valence-electron chi connectivity index (χ1n) is 10.5. The van der Waals surface area contributed by atoms with Crippen LogP contribution >= 0.6 is 0 Å². The number of fused-ring (bicyclic) bond motifs is 1. The number of nitrogens with zero attached hydrogens (tertiary/aromatic N) is 5. The number of pyridine rings is 1. The van der Waals surface area contributed by atoms with Gasteiger partial charge in [-0.2, -0.15) is 0 Å². The van der Waals surface area contributed by atoms with E-state index in [1.165, 1.54) is 5.56 Å². The topological polar surface area (TPSA) is 65.7 Å². The lowest BCUT2D eigenvalue weighted by atomic mass is 10.1. The van der Waals surface area contributed by atoms with E-state index < -0.39 is 0 Å². The SMILES string of the molecule is COc1ccc(-c2ccc3nc(Cc4cnccn4)n([C@H](C)c4ccccc4)c3c2)cn1. The second-order valence-corrected chi connectivity index (χ2v) is 7.65. The van der Waals surface area contributed by atoms with Crippen molar-refractivity contribution in [3.05, 3.63) is 103 Å². The molecule has 0 N–H and O–H groups in total. The third kappa shape index (κ3) is 3.83. The minimum Gasteiger partial charge on any atom is -0.481 e. The first-order chi connectivity index (χ1) is 15.7. The van der Waals surface area contributed by atoms with E-state index in [9.17, 15) is 0 Å². The summed E-state index contributed by atoms with van der Waals surface area (Å²) < 4.78 is 7.50. The normalized spacial score (nSPS) is 12.1. The van der Waals surface area contributed by atoms with E-state index >= 15 is 0 Å². The van der Waals surface area contributed by atoms with Gasteiger partial charge in [0.05, 0.1) is 29.9 Å². The second kappa shape index (κ2) is 8.59. The Morgan fingerprint density at radius 1 is 0.906 bits per heavy atom. The monoisotopic (exact) mass is 421 g/mol. The maximum atomic E-state index is 5.20. The first-order valence-corrected chi connectivity index (χ1v) is 10.5. The molecule has 0 aliphatic carbocycles. The third-order valence-corrected chi connectivity index (χ3v) is 5.67. The first kappa shape index (κ1) is 19.9. The molecule has 3 heterocycles. The summed E-state index contributed by atoms with van der Waals surface area (Å²) in [7, 11) is 1.62. The molecule has 0 spiro atoms. The van der Waals surface area contributed by atoms with Crippen LogP contribution in [0.5, 0.6) is 5.88 Å². The smallest absolute Gasteiger partial charge is 0.212 e. The van der Waals surface area contributed by atoms with Gasteiger partial charge in [0, 0.05) is 42.8 Å². The van der Waals surface area contributed by atoms with Gasteiger partial charge in [-0.15, -0.1) is 0 Å². The molecule has 0 amide bonds. The van der Waals surface area contributed by atoms with Gasteiger partial charge < -0.3 is 9.30 Å². The van der Waals surface area contributed by atoms with Crippen molar-refractivity contribution in [2.24, 2.45) is 0 Å². The Morgan fingerprint density at radius 2 is 1.75 bits per heavy atom. The summed E-state index contributed by atoms with van der Waals surface area (Å²) in [6, 6.07) is 20.8. The van der Waals surface area contributed by atoms with Gasteiger partial charge in [-0.3, -0.25) is 9.97 Å². The molecule has 0 unspecified atom stereocenters. The molecular weight excluding hydrogens is 398 g/mol. The van der Waals surface area contributed by atoms with Crippen LogP contribution in [-0.4, -0.2) is 31.6 Å². The van der Waals surface area contributed by atoms with Gasteiger partial charge >= 0.3 is 0 Å². The predicted octanol–water partition coefficient (Wildman–Crippen LogP) is 5.10. The average Bonchev–Trinajstić information content (AvgIpc) is 3.21. The molecule has 0 aliphatic heterocycles. The molecule has 0 saturated heterocycles. The van der Waals surface area contributed by atoms with Crippen LogP contribution in [0.1, 0.15) is 30.0 Å². The molecule has 158 valence electrons. The highest BCUT2D eigenvalue weighted by Gasteiger charge is 2.19. The molecule has 0 fully saturated rings. The largest absolute Gasteiger partial charge is 0.481 e. The van der Waals surface area contributed by atoms with Crippen LogP contribution < -0.4 is 4.74 Å². The van der Waals surface area contributed by atoms with Crippen molar-refractivity contribution in [3.8, 4) is 17.0 Å². The van der Waals surface area contributed by atoms with Gasteiger partial charge in [-0.05, 0) is 36.2 Å². The maximum absolute atomic E-state index is 5.20. The molecule has 1 atom stereocenters. The fourth-order valence-corrected chi connectivity index (χ4v) is 4.01. The van der Waals surface area contributed by atoms with Crippen LogP contribution in [0.3, 0.4) is 0 Å². The van der Waals surface area contributed by atoms with Crippen molar-refractivity contribution in [2.45, 2.75) is 19.4 Å². The number of hydrogen-bond donors (Lipinski definition) is 0. The van der Waals surface area contributed by atoms with Crippen LogP contribution in [-0.2, 0) is 6.42 Å². The molecule has 0 saturated carbocycles. The number of imidazole rings is 1. The summed E-state index contributed by atoms with van der Waals surface area (Å²) in [6.45, 7) is 2.21. The maximum Gasteiger partial charge on any atom is 0.212 e. The van der Waals surface area contributed by atoms with E-state index in [0.29, 0.717) is 12.3 Å². The summed E-state index contributed by atoms with van der Waals surface area (Å²) >= 11 is 0. The average molecular weight is 422 g/mol. The van der Waals surface area contributed by atoms with E-state index in [2.05, 4.69) is 68.9 Å². The Morgan fingerprint density at radius 3 is 2.47 bits per heavy atom. The molecule has 0 bridgehead atoms. The number of ether oxygens (including phenoxy) is 1. The molecule has 2 aromatic carbocycles. The second-order valence-electron chi connectivity index (χ2n) is 7.65. The molecule has 0 radical (unpaired) electrons. The number of hydrogen-bond acceptors (Lipinski definition) is 5. The van der Waals surface area contributed by atoms with Gasteiger partial charge in [-0.25, -0.2) is 9.97 Å². The highest BCUT2D eigenvalue weighted by molar-refractivity contribution is 5.83. The molecule has 6 heteroatoms. The van der Waals surface area contributed by atoms with Crippen molar-refractivity contribution in [1.29, 1.82) is 0 Å². The highest BCUT2D eigenvalue weighted by Crippen LogP contribution is 2.30. The van der Waals surface area contributed by atoms with Crippen molar-refractivity contribution in [3.63, 3.8) is 0 Å². The van der Waals surface area contributed by atoms with Crippen molar-refractivity contribution >= 4 is 11.0 Å². The number of aromatic nitrogens is 5. The summed E-state index contributed by atoms with van der Waals surface area (Å²) in [5.74, 6) is 1.56. The Hall–Kier alpha value is -4.06. The van der Waals surface area contributed by atoms with Crippen LogP contribution in [0.4, 0.5) is 0 Å². The Balaban J connectivity index is 1.65. The van der Waals surface area contributed by atoms with Gasteiger partial charge in [-0.1, -0.05) is 36.4 Å². The quantitative estimate of drug-likeness (QED) is 0.382. The van der Waals surface area contributed by atoms with Crippen molar-refractivity contribution < 1.29 is 4.74 Å². The zero-order valence-corrected chi connectivity index (χ0v) is 18.0. The Bertz CT molecular complexity index is 1330. The number of rotatable bonds is 6. The molecule has 32 heavy (non-hydrogen) atoms. The summed E-state index contributed by atoms with van der Waals surface area (Å²) in [5.41, 5.74) is 6.27. The van der Waals surface area contributed by atoms with Crippen molar-refractivity contribution in [2.75, 3.05) is 7.11 Å². The molecule has 5 aromatic rings. The van der Waals surface area contributed by atoms with Gasteiger partial charge in [0.2, 0.25) is 5.88 Å². The fraction of sp³-hybridized carbons (Fsp3) is 0.154. The van der Waals surface area contributed by atoms with Crippen LogP contribution in [0, 0.1) is 0 Å². The molecule has 3 aromatic heterocycles. The van der Waals surface area contributed by atoms with Gasteiger partial charge in [0.25, 0.3) is 0 Å². The third-order valence-electron chi connectivity index (χ3n) is 5.67. The van der Waals surface area contributed by atoms with Gasteiger partial charge in [0.15, 0.2) is 0 Å². The highest BCUT2D eigenvalue weighted by atomic mass is 16.5.